The molecule has 102 valence electrons. The molecule has 1 unspecified atom stereocenters. The quantitative estimate of drug-likeness (QED) is 0.306. The van der Waals surface area contributed by atoms with Gasteiger partial charge in [0.05, 0.1) is 13.2 Å². The Balaban J connectivity index is 1.71. The van der Waals surface area contributed by atoms with Crippen molar-refractivity contribution < 1.29 is 18.3 Å². The van der Waals surface area contributed by atoms with Crippen LogP contribution in [0.5, 0.6) is 0 Å². The number of rotatable bonds is 12. The topological polar surface area (TPSA) is 40.2 Å². The first-order valence-corrected chi connectivity index (χ1v) is 8.37. The SMILES string of the molecule is CO[SiH](CCCCCCCOCC1CO1)OC. The molecule has 4 nitrogen and oxygen atoms in total. The molecule has 17 heavy (non-hydrogen) atoms. The molecule has 0 aliphatic carbocycles. The molecule has 0 bridgehead atoms. The first-order valence-electron chi connectivity index (χ1n) is 6.61. The van der Waals surface area contributed by atoms with Gasteiger partial charge in [-0.2, -0.15) is 0 Å². The Labute approximate surface area is 106 Å². The zero-order valence-electron chi connectivity index (χ0n) is 11.2. The van der Waals surface area contributed by atoms with Crippen molar-refractivity contribution in [2.75, 3.05) is 34.0 Å². The summed E-state index contributed by atoms with van der Waals surface area (Å²) >= 11 is 0. The lowest BCUT2D eigenvalue weighted by atomic mass is 10.2. The van der Waals surface area contributed by atoms with Crippen molar-refractivity contribution in [2.24, 2.45) is 0 Å². The van der Waals surface area contributed by atoms with Gasteiger partial charge in [0.25, 0.3) is 0 Å². The fraction of sp³-hybridized carbons (Fsp3) is 1.00. The molecule has 1 atom stereocenters. The molecule has 1 aliphatic heterocycles. The lowest BCUT2D eigenvalue weighted by molar-refractivity contribution is 0.113. The number of ether oxygens (including phenoxy) is 2. The molecule has 1 fully saturated rings. The maximum absolute atomic E-state index is 5.48. The van der Waals surface area contributed by atoms with Crippen molar-refractivity contribution in [1.29, 1.82) is 0 Å². The van der Waals surface area contributed by atoms with E-state index in [0.29, 0.717) is 6.10 Å². The Bertz CT molecular complexity index is 172. The van der Waals surface area contributed by atoms with Crippen LogP contribution in [-0.4, -0.2) is 49.4 Å². The van der Waals surface area contributed by atoms with Crippen LogP contribution in [0.2, 0.25) is 6.04 Å². The molecule has 0 spiro atoms. The molecule has 0 amide bonds. The lowest BCUT2D eigenvalue weighted by Gasteiger charge is -2.10. The molecule has 5 heteroatoms. The fourth-order valence-electron chi connectivity index (χ4n) is 1.76. The second-order valence-electron chi connectivity index (χ2n) is 4.49. The monoisotopic (exact) mass is 262 g/mol. The third kappa shape index (κ3) is 8.74. The first-order chi connectivity index (χ1) is 8.36. The summed E-state index contributed by atoms with van der Waals surface area (Å²) in [6.45, 7) is 2.56. The van der Waals surface area contributed by atoms with Crippen LogP contribution in [0.3, 0.4) is 0 Å². The Morgan fingerprint density at radius 3 is 2.35 bits per heavy atom. The molecule has 0 radical (unpaired) electrons. The van der Waals surface area contributed by atoms with Crippen molar-refractivity contribution in [1.82, 2.24) is 0 Å². The van der Waals surface area contributed by atoms with Crippen molar-refractivity contribution >= 4 is 9.28 Å². The highest BCUT2D eigenvalue weighted by molar-refractivity contribution is 6.44. The van der Waals surface area contributed by atoms with Gasteiger partial charge in [-0.25, -0.2) is 0 Å². The standard InChI is InChI=1S/C12H26O4Si/c1-13-17(14-2)9-7-5-3-4-6-8-15-10-12-11-16-12/h12,17H,3-11H2,1-2H3. The zero-order valence-corrected chi connectivity index (χ0v) is 12.3. The molecular weight excluding hydrogens is 236 g/mol. The molecule has 1 aliphatic rings. The van der Waals surface area contributed by atoms with E-state index in [1.54, 1.807) is 14.2 Å². The highest BCUT2D eigenvalue weighted by atomic mass is 28.3. The van der Waals surface area contributed by atoms with E-state index in [1.165, 1.54) is 32.1 Å². The van der Waals surface area contributed by atoms with Crippen LogP contribution in [0, 0.1) is 0 Å². The molecule has 1 rings (SSSR count). The first kappa shape index (κ1) is 15.1. The van der Waals surface area contributed by atoms with Crippen LogP contribution in [-0.2, 0) is 18.3 Å². The van der Waals surface area contributed by atoms with Gasteiger partial charge in [-0.15, -0.1) is 0 Å². The predicted octanol–water partition coefficient (Wildman–Crippen LogP) is 1.87. The minimum Gasteiger partial charge on any atom is -0.400 e. The normalized spacial score (nSPS) is 18.9. The second-order valence-corrected chi connectivity index (χ2v) is 6.87. The van der Waals surface area contributed by atoms with E-state index >= 15 is 0 Å². The third-order valence-electron chi connectivity index (χ3n) is 2.96. The van der Waals surface area contributed by atoms with Crippen molar-refractivity contribution in [3.05, 3.63) is 0 Å². The minimum atomic E-state index is -1.31. The average Bonchev–Trinajstić information content (AvgIpc) is 3.16. The molecule has 1 saturated heterocycles. The van der Waals surface area contributed by atoms with Crippen LogP contribution in [0.15, 0.2) is 0 Å². The van der Waals surface area contributed by atoms with Crippen LogP contribution in [0.1, 0.15) is 32.1 Å². The smallest absolute Gasteiger partial charge is 0.320 e. The summed E-state index contributed by atoms with van der Waals surface area (Å²) in [6.07, 6.45) is 6.63. The highest BCUT2D eigenvalue weighted by Gasteiger charge is 2.21. The zero-order chi connectivity index (χ0) is 12.3. The molecule has 0 aromatic heterocycles. The molecule has 0 N–H and O–H groups in total. The molecular formula is C12H26O4Si. The van der Waals surface area contributed by atoms with Gasteiger partial charge in [0.1, 0.15) is 6.10 Å². The van der Waals surface area contributed by atoms with Gasteiger partial charge in [0, 0.05) is 20.8 Å². The summed E-state index contributed by atoms with van der Waals surface area (Å²) in [4.78, 5) is 0. The Hall–Kier alpha value is 0.0569. The lowest BCUT2D eigenvalue weighted by Crippen LogP contribution is -2.18. The summed E-state index contributed by atoms with van der Waals surface area (Å²) in [5.74, 6) is 0. The number of epoxide rings is 1. The van der Waals surface area contributed by atoms with Crippen LogP contribution < -0.4 is 0 Å². The van der Waals surface area contributed by atoms with Gasteiger partial charge in [-0.05, 0) is 12.5 Å². The van der Waals surface area contributed by atoms with Crippen LogP contribution in [0.25, 0.3) is 0 Å². The largest absolute Gasteiger partial charge is 0.400 e. The van der Waals surface area contributed by atoms with Crippen molar-refractivity contribution in [3.8, 4) is 0 Å². The van der Waals surface area contributed by atoms with Crippen LogP contribution >= 0.6 is 0 Å². The predicted molar refractivity (Wildman–Crippen MR) is 69.6 cm³/mol. The van der Waals surface area contributed by atoms with E-state index in [9.17, 15) is 0 Å². The summed E-state index contributed by atoms with van der Waals surface area (Å²) < 4.78 is 21.1. The maximum Gasteiger partial charge on any atom is 0.320 e. The van der Waals surface area contributed by atoms with E-state index in [0.717, 1.165) is 25.9 Å². The Kier molecular flexibility index (Phi) is 8.91. The molecule has 0 aromatic rings. The van der Waals surface area contributed by atoms with Gasteiger partial charge < -0.3 is 18.3 Å². The maximum atomic E-state index is 5.48. The van der Waals surface area contributed by atoms with E-state index in [1.807, 2.05) is 0 Å². The number of hydrogen-bond acceptors (Lipinski definition) is 4. The van der Waals surface area contributed by atoms with E-state index in [2.05, 4.69) is 0 Å². The van der Waals surface area contributed by atoms with Gasteiger partial charge in [-0.3, -0.25) is 0 Å². The Morgan fingerprint density at radius 1 is 1.06 bits per heavy atom. The Morgan fingerprint density at radius 2 is 1.71 bits per heavy atom. The second kappa shape index (κ2) is 10.0. The van der Waals surface area contributed by atoms with Gasteiger partial charge >= 0.3 is 9.28 Å². The summed E-state index contributed by atoms with van der Waals surface area (Å²) in [5, 5.41) is 0. The third-order valence-corrected chi connectivity index (χ3v) is 4.89. The average molecular weight is 262 g/mol. The van der Waals surface area contributed by atoms with E-state index in [-0.39, 0.29) is 0 Å². The highest BCUT2D eigenvalue weighted by Crippen LogP contribution is 2.10. The van der Waals surface area contributed by atoms with Gasteiger partial charge in [-0.1, -0.05) is 25.7 Å². The van der Waals surface area contributed by atoms with Gasteiger partial charge in [0.15, 0.2) is 0 Å². The number of hydrogen-bond donors (Lipinski definition) is 0. The molecule has 0 aromatic carbocycles. The van der Waals surface area contributed by atoms with Crippen molar-refractivity contribution in [3.63, 3.8) is 0 Å². The van der Waals surface area contributed by atoms with Crippen LogP contribution in [0.4, 0.5) is 0 Å². The summed E-state index contributed by atoms with van der Waals surface area (Å²) in [5.41, 5.74) is 0. The van der Waals surface area contributed by atoms with E-state index < -0.39 is 9.28 Å². The molecule has 1 heterocycles. The van der Waals surface area contributed by atoms with Gasteiger partial charge in [0.2, 0.25) is 0 Å². The van der Waals surface area contributed by atoms with E-state index in [4.69, 9.17) is 18.3 Å². The van der Waals surface area contributed by atoms with Crippen molar-refractivity contribution in [2.45, 2.75) is 44.3 Å². The minimum absolute atomic E-state index is 0.403. The number of unbranched alkanes of at least 4 members (excludes halogenated alkanes) is 4. The molecule has 0 saturated carbocycles. The summed E-state index contributed by atoms with van der Waals surface area (Å²) in [6, 6.07) is 1.13. The summed E-state index contributed by atoms with van der Waals surface area (Å²) in [7, 11) is 2.20. The fourth-order valence-corrected chi connectivity index (χ4v) is 3.04.